The summed E-state index contributed by atoms with van der Waals surface area (Å²) in [6, 6.07) is 0.317. The van der Waals surface area contributed by atoms with Crippen molar-refractivity contribution in [3.8, 4) is 0 Å². The number of nitrogens with one attached hydrogen (secondary N) is 1. The summed E-state index contributed by atoms with van der Waals surface area (Å²) in [5, 5.41) is 3.38. The van der Waals surface area contributed by atoms with Gasteiger partial charge in [0, 0.05) is 6.61 Å². The molecule has 1 aliphatic carbocycles. The van der Waals surface area contributed by atoms with Gasteiger partial charge in [-0.05, 0) is 40.7 Å². The van der Waals surface area contributed by atoms with Gasteiger partial charge < -0.3 is 14.8 Å². The van der Waals surface area contributed by atoms with Crippen LogP contribution in [0.1, 0.15) is 46.5 Å². The molecule has 16 heavy (non-hydrogen) atoms. The molecule has 1 aliphatic rings. The Labute approximate surface area is 99.9 Å². The van der Waals surface area contributed by atoms with E-state index in [1.54, 1.807) is 0 Å². The first-order valence-electron chi connectivity index (χ1n) is 6.57. The van der Waals surface area contributed by atoms with Crippen molar-refractivity contribution in [3.05, 3.63) is 0 Å². The first kappa shape index (κ1) is 13.9. The van der Waals surface area contributed by atoms with Gasteiger partial charge in [0.2, 0.25) is 0 Å². The second-order valence-electron chi connectivity index (χ2n) is 4.93. The maximum Gasteiger partial charge on any atom is 0.0857 e. The maximum absolute atomic E-state index is 6.03. The number of likely N-dealkylation sites (N-methyl/N-ethyl adjacent to an activating group) is 1. The zero-order chi connectivity index (χ0) is 12.0. The molecule has 96 valence electrons. The van der Waals surface area contributed by atoms with E-state index in [9.17, 15) is 0 Å². The molecule has 0 aromatic carbocycles. The molecule has 3 heteroatoms. The minimum Gasteiger partial charge on any atom is -0.377 e. The van der Waals surface area contributed by atoms with Crippen molar-refractivity contribution in [2.75, 3.05) is 20.3 Å². The first-order chi connectivity index (χ1) is 7.64. The molecule has 0 aromatic rings. The molecule has 1 atom stereocenters. The van der Waals surface area contributed by atoms with Gasteiger partial charge in [-0.15, -0.1) is 0 Å². The van der Waals surface area contributed by atoms with Crippen LogP contribution in [0.5, 0.6) is 0 Å². The fourth-order valence-corrected chi connectivity index (χ4v) is 2.64. The van der Waals surface area contributed by atoms with Crippen LogP contribution >= 0.6 is 0 Å². The molecule has 0 aliphatic heterocycles. The molecule has 0 aromatic heterocycles. The third kappa shape index (κ3) is 3.44. The van der Waals surface area contributed by atoms with Crippen molar-refractivity contribution in [1.29, 1.82) is 0 Å². The van der Waals surface area contributed by atoms with Crippen molar-refractivity contribution in [3.63, 3.8) is 0 Å². The van der Waals surface area contributed by atoms with Crippen molar-refractivity contribution in [2.45, 2.75) is 64.2 Å². The van der Waals surface area contributed by atoms with E-state index in [1.165, 1.54) is 12.8 Å². The van der Waals surface area contributed by atoms with Crippen molar-refractivity contribution >= 4 is 0 Å². The summed E-state index contributed by atoms with van der Waals surface area (Å²) < 4.78 is 11.8. The Bertz CT molecular complexity index is 188. The van der Waals surface area contributed by atoms with E-state index in [0.717, 1.165) is 26.1 Å². The molecule has 0 spiro atoms. The standard InChI is InChI=1S/C13H27NO2/c1-5-16-13(8-6-7-9-13)12(14-4)10-15-11(2)3/h11-12,14H,5-10H2,1-4H3. The first-order valence-corrected chi connectivity index (χ1v) is 6.57. The van der Waals surface area contributed by atoms with Gasteiger partial charge in [0.25, 0.3) is 0 Å². The van der Waals surface area contributed by atoms with Crippen LogP contribution in [0.2, 0.25) is 0 Å². The van der Waals surface area contributed by atoms with Gasteiger partial charge in [0.05, 0.1) is 24.4 Å². The smallest absolute Gasteiger partial charge is 0.0857 e. The molecule has 1 fully saturated rings. The quantitative estimate of drug-likeness (QED) is 0.727. The summed E-state index contributed by atoms with van der Waals surface area (Å²) in [5.74, 6) is 0. The van der Waals surface area contributed by atoms with Crippen molar-refractivity contribution in [2.24, 2.45) is 0 Å². The van der Waals surface area contributed by atoms with E-state index in [-0.39, 0.29) is 11.7 Å². The Balaban J connectivity index is 2.58. The largest absolute Gasteiger partial charge is 0.377 e. The van der Waals surface area contributed by atoms with Crippen LogP contribution in [0.15, 0.2) is 0 Å². The third-order valence-electron chi connectivity index (χ3n) is 3.46. The Morgan fingerprint density at radius 1 is 1.25 bits per heavy atom. The van der Waals surface area contributed by atoms with E-state index >= 15 is 0 Å². The molecule has 0 heterocycles. The second-order valence-corrected chi connectivity index (χ2v) is 4.93. The van der Waals surface area contributed by atoms with Crippen LogP contribution in [0.25, 0.3) is 0 Å². The summed E-state index contributed by atoms with van der Waals surface area (Å²) >= 11 is 0. The molecule has 0 amide bonds. The average molecular weight is 229 g/mol. The summed E-state index contributed by atoms with van der Waals surface area (Å²) in [6.07, 6.45) is 5.16. The predicted octanol–water partition coefficient (Wildman–Crippen LogP) is 2.35. The summed E-state index contributed by atoms with van der Waals surface area (Å²) in [4.78, 5) is 0. The molecular formula is C13H27NO2. The molecular weight excluding hydrogens is 202 g/mol. The number of ether oxygens (including phenoxy) is 2. The fourth-order valence-electron chi connectivity index (χ4n) is 2.64. The van der Waals surface area contributed by atoms with Gasteiger partial charge in [0.15, 0.2) is 0 Å². The summed E-state index contributed by atoms with van der Waals surface area (Å²) in [5.41, 5.74) is 0.0123. The van der Waals surface area contributed by atoms with E-state index in [1.807, 2.05) is 7.05 Å². The Morgan fingerprint density at radius 2 is 1.88 bits per heavy atom. The number of rotatable bonds is 7. The van der Waals surface area contributed by atoms with Gasteiger partial charge in [-0.1, -0.05) is 12.8 Å². The second kappa shape index (κ2) is 6.58. The van der Waals surface area contributed by atoms with Crippen LogP contribution in [-0.2, 0) is 9.47 Å². The van der Waals surface area contributed by atoms with Gasteiger partial charge in [-0.25, -0.2) is 0 Å². The van der Waals surface area contributed by atoms with Crippen LogP contribution in [-0.4, -0.2) is 38.0 Å². The minimum absolute atomic E-state index is 0.0123. The topological polar surface area (TPSA) is 30.5 Å². The molecule has 0 saturated heterocycles. The van der Waals surface area contributed by atoms with Crippen molar-refractivity contribution in [1.82, 2.24) is 5.32 Å². The molecule has 1 rings (SSSR count). The lowest BCUT2D eigenvalue weighted by Crippen LogP contribution is -2.52. The Morgan fingerprint density at radius 3 is 2.31 bits per heavy atom. The summed E-state index contributed by atoms with van der Waals surface area (Å²) in [7, 11) is 2.01. The number of hydrogen-bond donors (Lipinski definition) is 1. The molecule has 1 saturated carbocycles. The SMILES string of the molecule is CCOC1(C(COC(C)C)NC)CCCC1. The highest BCUT2D eigenvalue weighted by atomic mass is 16.5. The zero-order valence-corrected chi connectivity index (χ0v) is 11.2. The Hall–Kier alpha value is -0.120. The van der Waals surface area contributed by atoms with E-state index in [0.29, 0.717) is 6.04 Å². The lowest BCUT2D eigenvalue weighted by atomic mass is 9.92. The third-order valence-corrected chi connectivity index (χ3v) is 3.46. The zero-order valence-electron chi connectivity index (χ0n) is 11.2. The van der Waals surface area contributed by atoms with Gasteiger partial charge >= 0.3 is 0 Å². The molecule has 3 nitrogen and oxygen atoms in total. The fraction of sp³-hybridized carbons (Fsp3) is 1.00. The highest BCUT2D eigenvalue weighted by Gasteiger charge is 2.41. The van der Waals surface area contributed by atoms with Crippen LogP contribution in [0.4, 0.5) is 0 Å². The highest BCUT2D eigenvalue weighted by molar-refractivity contribution is 4.96. The normalized spacial score (nSPS) is 21.6. The Kier molecular flexibility index (Phi) is 5.73. The molecule has 1 unspecified atom stereocenters. The van der Waals surface area contributed by atoms with Gasteiger partial charge in [-0.3, -0.25) is 0 Å². The van der Waals surface area contributed by atoms with Crippen LogP contribution in [0, 0.1) is 0 Å². The van der Waals surface area contributed by atoms with Crippen molar-refractivity contribution < 1.29 is 9.47 Å². The minimum atomic E-state index is 0.0123. The molecule has 0 radical (unpaired) electrons. The average Bonchev–Trinajstić information content (AvgIpc) is 2.68. The van der Waals surface area contributed by atoms with E-state index in [4.69, 9.17) is 9.47 Å². The van der Waals surface area contributed by atoms with Gasteiger partial charge in [0.1, 0.15) is 0 Å². The lowest BCUT2D eigenvalue weighted by Gasteiger charge is -2.37. The van der Waals surface area contributed by atoms with E-state index in [2.05, 4.69) is 26.1 Å². The van der Waals surface area contributed by atoms with Gasteiger partial charge in [-0.2, -0.15) is 0 Å². The van der Waals surface area contributed by atoms with E-state index < -0.39 is 0 Å². The monoisotopic (exact) mass is 229 g/mol. The predicted molar refractivity (Wildman–Crippen MR) is 66.8 cm³/mol. The molecule has 0 bridgehead atoms. The number of hydrogen-bond acceptors (Lipinski definition) is 3. The van der Waals surface area contributed by atoms with Crippen LogP contribution in [0.3, 0.4) is 0 Å². The summed E-state index contributed by atoms with van der Waals surface area (Å²) in [6.45, 7) is 7.77. The molecule has 1 N–H and O–H groups in total. The van der Waals surface area contributed by atoms with Crippen LogP contribution < -0.4 is 5.32 Å². The lowest BCUT2D eigenvalue weighted by molar-refractivity contribution is -0.0843. The maximum atomic E-state index is 6.03. The highest BCUT2D eigenvalue weighted by Crippen LogP contribution is 2.36.